The van der Waals surface area contributed by atoms with Crippen LogP contribution in [-0.4, -0.2) is 9.78 Å². The summed E-state index contributed by atoms with van der Waals surface area (Å²) in [6.07, 6.45) is 0. The molecule has 2 N–H and O–H groups in total. The van der Waals surface area contributed by atoms with Gasteiger partial charge < -0.3 is 5.73 Å². The number of nitrogens with two attached hydrogens (primary N) is 1. The largest absolute Gasteiger partial charge is 0.395 e. The molecule has 0 fully saturated rings. The van der Waals surface area contributed by atoms with E-state index in [1.165, 1.54) is 0 Å². The smallest absolute Gasteiger partial charge is 0.115 e. The molecule has 2 aromatic rings. The summed E-state index contributed by atoms with van der Waals surface area (Å²) >= 11 is 0. The summed E-state index contributed by atoms with van der Waals surface area (Å²) in [5.74, 6) is 0. The van der Waals surface area contributed by atoms with Gasteiger partial charge in [0.1, 0.15) is 5.69 Å². The molecule has 0 radical (unpaired) electrons. The third-order valence-corrected chi connectivity index (χ3v) is 2.43. The normalized spacial score (nSPS) is 10.4. The second kappa shape index (κ2) is 3.18. The van der Waals surface area contributed by atoms with Crippen molar-refractivity contribution in [3.05, 3.63) is 36.0 Å². The summed E-state index contributed by atoms with van der Waals surface area (Å²) in [7, 11) is 1.90. The van der Waals surface area contributed by atoms with Gasteiger partial charge in [-0.25, -0.2) is 0 Å². The van der Waals surface area contributed by atoms with E-state index < -0.39 is 0 Å². The molecule has 0 amide bonds. The lowest BCUT2D eigenvalue weighted by Crippen LogP contribution is -1.93. The molecule has 2 rings (SSSR count). The van der Waals surface area contributed by atoms with E-state index in [1.807, 2.05) is 44.3 Å². The average Bonchev–Trinajstić information content (AvgIpc) is 2.47. The number of anilines is 1. The van der Waals surface area contributed by atoms with Crippen LogP contribution in [0.2, 0.25) is 0 Å². The number of benzene rings is 1. The predicted molar refractivity (Wildman–Crippen MR) is 57.8 cm³/mol. The fourth-order valence-electron chi connectivity index (χ4n) is 1.43. The maximum atomic E-state index is 5.95. The zero-order chi connectivity index (χ0) is 10.1. The van der Waals surface area contributed by atoms with Gasteiger partial charge in [-0.15, -0.1) is 0 Å². The molecule has 1 aromatic heterocycles. The summed E-state index contributed by atoms with van der Waals surface area (Å²) in [5, 5.41) is 4.37. The lowest BCUT2D eigenvalue weighted by Gasteiger charge is -1.96. The van der Waals surface area contributed by atoms with Gasteiger partial charge in [-0.2, -0.15) is 5.10 Å². The molecule has 0 atom stereocenters. The Hall–Kier alpha value is -1.77. The first-order valence-corrected chi connectivity index (χ1v) is 4.54. The van der Waals surface area contributed by atoms with Gasteiger partial charge in [0.2, 0.25) is 0 Å². The first-order valence-electron chi connectivity index (χ1n) is 4.54. The Morgan fingerprint density at radius 1 is 1.21 bits per heavy atom. The summed E-state index contributed by atoms with van der Waals surface area (Å²) in [5.41, 5.74) is 9.65. The molecule has 0 saturated heterocycles. The average molecular weight is 187 g/mol. The summed E-state index contributed by atoms with van der Waals surface area (Å²) < 4.78 is 1.80. The molecule has 1 heterocycles. The Morgan fingerprint density at radius 3 is 2.36 bits per heavy atom. The highest BCUT2D eigenvalue weighted by Gasteiger charge is 2.10. The number of nitrogen functional groups attached to an aromatic ring is 1. The number of aryl methyl sites for hydroxylation is 1. The molecule has 3 nitrogen and oxygen atoms in total. The quantitative estimate of drug-likeness (QED) is 0.741. The highest BCUT2D eigenvalue weighted by molar-refractivity contribution is 5.74. The monoisotopic (exact) mass is 187 g/mol. The van der Waals surface area contributed by atoms with Crippen LogP contribution in [-0.2, 0) is 7.05 Å². The van der Waals surface area contributed by atoms with Gasteiger partial charge in [0.15, 0.2) is 0 Å². The molecule has 0 aliphatic rings. The number of rotatable bonds is 1. The van der Waals surface area contributed by atoms with Gasteiger partial charge in [0.05, 0.1) is 11.4 Å². The van der Waals surface area contributed by atoms with Gasteiger partial charge in [0, 0.05) is 12.6 Å². The van der Waals surface area contributed by atoms with Crippen molar-refractivity contribution in [3.63, 3.8) is 0 Å². The van der Waals surface area contributed by atoms with Crippen molar-refractivity contribution in [1.82, 2.24) is 9.78 Å². The molecule has 0 bridgehead atoms. The van der Waals surface area contributed by atoms with Gasteiger partial charge in [-0.3, -0.25) is 4.68 Å². The highest BCUT2D eigenvalue weighted by atomic mass is 15.3. The molecule has 0 aliphatic heterocycles. The maximum Gasteiger partial charge on any atom is 0.115 e. The van der Waals surface area contributed by atoms with Crippen LogP contribution < -0.4 is 5.73 Å². The standard InChI is InChI=1S/C11H13N3/c1-8-10(12)11(13-14(8)2)9-6-4-3-5-7-9/h3-7H,12H2,1-2H3. The van der Waals surface area contributed by atoms with Crippen molar-refractivity contribution in [2.24, 2.45) is 7.05 Å². The molecule has 0 saturated carbocycles. The van der Waals surface area contributed by atoms with Crippen LogP contribution in [0.4, 0.5) is 5.69 Å². The minimum absolute atomic E-state index is 0.763. The summed E-state index contributed by atoms with van der Waals surface area (Å²) in [6, 6.07) is 9.98. The lowest BCUT2D eigenvalue weighted by molar-refractivity contribution is 0.743. The molecular formula is C11H13N3. The Balaban J connectivity index is 2.58. The Labute approximate surface area is 83.2 Å². The summed E-state index contributed by atoms with van der Waals surface area (Å²) in [4.78, 5) is 0. The number of aromatic nitrogens is 2. The maximum absolute atomic E-state index is 5.95. The molecule has 0 spiro atoms. The lowest BCUT2D eigenvalue weighted by atomic mass is 10.1. The Kier molecular flexibility index (Phi) is 2.00. The number of hydrogen-bond donors (Lipinski definition) is 1. The van der Waals surface area contributed by atoms with Crippen LogP contribution in [0, 0.1) is 6.92 Å². The third kappa shape index (κ3) is 1.27. The molecular weight excluding hydrogens is 174 g/mol. The molecule has 1 aromatic carbocycles. The highest BCUT2D eigenvalue weighted by Crippen LogP contribution is 2.26. The van der Waals surface area contributed by atoms with Gasteiger partial charge in [0.25, 0.3) is 0 Å². The van der Waals surface area contributed by atoms with E-state index in [2.05, 4.69) is 5.10 Å². The van der Waals surface area contributed by atoms with E-state index in [0.717, 1.165) is 22.6 Å². The summed E-state index contributed by atoms with van der Waals surface area (Å²) in [6.45, 7) is 1.97. The van der Waals surface area contributed by atoms with Crippen LogP contribution >= 0.6 is 0 Å². The van der Waals surface area contributed by atoms with Crippen molar-refractivity contribution in [2.75, 3.05) is 5.73 Å². The SMILES string of the molecule is Cc1c(N)c(-c2ccccc2)nn1C. The topological polar surface area (TPSA) is 43.8 Å². The minimum Gasteiger partial charge on any atom is -0.395 e. The van der Waals surface area contributed by atoms with Crippen LogP contribution in [0.3, 0.4) is 0 Å². The van der Waals surface area contributed by atoms with Crippen LogP contribution in [0.5, 0.6) is 0 Å². The number of hydrogen-bond acceptors (Lipinski definition) is 2. The molecule has 14 heavy (non-hydrogen) atoms. The van der Waals surface area contributed by atoms with E-state index in [1.54, 1.807) is 4.68 Å². The molecule has 72 valence electrons. The zero-order valence-electron chi connectivity index (χ0n) is 8.36. The fraction of sp³-hybridized carbons (Fsp3) is 0.182. The van der Waals surface area contributed by atoms with Crippen molar-refractivity contribution < 1.29 is 0 Å². The Morgan fingerprint density at radius 2 is 1.86 bits per heavy atom. The first-order chi connectivity index (χ1) is 6.70. The van der Waals surface area contributed by atoms with E-state index in [9.17, 15) is 0 Å². The minimum atomic E-state index is 0.763. The van der Waals surface area contributed by atoms with Crippen molar-refractivity contribution in [1.29, 1.82) is 0 Å². The van der Waals surface area contributed by atoms with Gasteiger partial charge >= 0.3 is 0 Å². The third-order valence-electron chi connectivity index (χ3n) is 2.43. The van der Waals surface area contributed by atoms with Crippen LogP contribution in [0.25, 0.3) is 11.3 Å². The molecule has 0 unspecified atom stereocenters. The fourth-order valence-corrected chi connectivity index (χ4v) is 1.43. The molecule has 0 aliphatic carbocycles. The van der Waals surface area contributed by atoms with Crippen molar-refractivity contribution in [2.45, 2.75) is 6.92 Å². The van der Waals surface area contributed by atoms with E-state index in [-0.39, 0.29) is 0 Å². The zero-order valence-corrected chi connectivity index (χ0v) is 8.36. The van der Waals surface area contributed by atoms with Crippen LogP contribution in [0.1, 0.15) is 5.69 Å². The predicted octanol–water partition coefficient (Wildman–Crippen LogP) is 1.98. The van der Waals surface area contributed by atoms with Crippen molar-refractivity contribution in [3.8, 4) is 11.3 Å². The van der Waals surface area contributed by atoms with Crippen molar-refractivity contribution >= 4 is 5.69 Å². The van der Waals surface area contributed by atoms with E-state index in [4.69, 9.17) is 5.73 Å². The second-order valence-electron chi connectivity index (χ2n) is 3.34. The van der Waals surface area contributed by atoms with Gasteiger partial charge in [-0.1, -0.05) is 30.3 Å². The van der Waals surface area contributed by atoms with E-state index in [0.29, 0.717) is 0 Å². The number of nitrogens with zero attached hydrogens (tertiary/aromatic N) is 2. The van der Waals surface area contributed by atoms with E-state index >= 15 is 0 Å². The second-order valence-corrected chi connectivity index (χ2v) is 3.34. The first kappa shape index (κ1) is 8.81. The Bertz CT molecular complexity index is 443. The molecule has 3 heteroatoms. The van der Waals surface area contributed by atoms with Gasteiger partial charge in [-0.05, 0) is 6.92 Å². The van der Waals surface area contributed by atoms with Crippen LogP contribution in [0.15, 0.2) is 30.3 Å².